The Labute approximate surface area is 175 Å². The Morgan fingerprint density at radius 1 is 1.10 bits per heavy atom. The second kappa shape index (κ2) is 9.47. The first-order chi connectivity index (χ1) is 13.8. The molecule has 1 aliphatic carbocycles. The third-order valence-electron chi connectivity index (χ3n) is 6.63. The molecule has 1 amide bonds. The van der Waals surface area contributed by atoms with Gasteiger partial charge in [-0.1, -0.05) is 26.7 Å². The molecule has 1 saturated heterocycles. The Morgan fingerprint density at radius 3 is 2.38 bits per heavy atom. The minimum Gasteiger partial charge on any atom is -0.494 e. The van der Waals surface area contributed by atoms with Gasteiger partial charge in [-0.2, -0.15) is 4.31 Å². The Hall–Kier alpha value is -1.60. The first-order valence-corrected chi connectivity index (χ1v) is 12.3. The molecule has 3 atom stereocenters. The van der Waals surface area contributed by atoms with E-state index in [1.54, 1.807) is 24.3 Å². The van der Waals surface area contributed by atoms with Crippen LogP contribution < -0.4 is 10.1 Å². The normalized spacial score (nSPS) is 26.8. The summed E-state index contributed by atoms with van der Waals surface area (Å²) < 4.78 is 32.7. The molecular weight excluding hydrogens is 388 g/mol. The van der Waals surface area contributed by atoms with Crippen LogP contribution in [-0.4, -0.2) is 44.4 Å². The zero-order chi connectivity index (χ0) is 21.0. The monoisotopic (exact) mass is 422 g/mol. The molecule has 1 N–H and O–H groups in total. The summed E-state index contributed by atoms with van der Waals surface area (Å²) >= 11 is 0. The second-order valence-electron chi connectivity index (χ2n) is 8.47. The molecular formula is C22H34N2O4S. The van der Waals surface area contributed by atoms with Crippen molar-refractivity contribution in [3.05, 3.63) is 24.3 Å². The van der Waals surface area contributed by atoms with Crippen molar-refractivity contribution in [3.63, 3.8) is 0 Å². The summed E-state index contributed by atoms with van der Waals surface area (Å²) in [5.41, 5.74) is 0. The average Bonchev–Trinajstić information content (AvgIpc) is 2.72. The maximum Gasteiger partial charge on any atom is 0.243 e. The first-order valence-electron chi connectivity index (χ1n) is 10.9. The van der Waals surface area contributed by atoms with Crippen LogP contribution in [0.15, 0.2) is 29.2 Å². The molecule has 2 fully saturated rings. The molecule has 1 aromatic carbocycles. The summed E-state index contributed by atoms with van der Waals surface area (Å²) in [6.45, 7) is 7.67. The number of carbonyl (C=O) groups excluding carboxylic acids is 1. The molecule has 1 aliphatic heterocycles. The van der Waals surface area contributed by atoms with Crippen LogP contribution in [0.1, 0.15) is 52.9 Å². The summed E-state index contributed by atoms with van der Waals surface area (Å²) in [7, 11) is -3.54. The van der Waals surface area contributed by atoms with E-state index < -0.39 is 10.0 Å². The smallest absolute Gasteiger partial charge is 0.243 e. The number of rotatable bonds is 6. The Kier molecular flexibility index (Phi) is 7.22. The van der Waals surface area contributed by atoms with E-state index in [9.17, 15) is 13.2 Å². The highest BCUT2D eigenvalue weighted by molar-refractivity contribution is 7.89. The highest BCUT2D eigenvalue weighted by Gasteiger charge is 2.34. The van der Waals surface area contributed by atoms with E-state index in [2.05, 4.69) is 19.2 Å². The van der Waals surface area contributed by atoms with Gasteiger partial charge in [-0.25, -0.2) is 8.42 Å². The number of benzene rings is 1. The van der Waals surface area contributed by atoms with Crippen molar-refractivity contribution < 1.29 is 17.9 Å². The third-order valence-corrected chi connectivity index (χ3v) is 8.54. The fourth-order valence-electron chi connectivity index (χ4n) is 4.47. The number of piperidine rings is 1. The predicted octanol–water partition coefficient (Wildman–Crippen LogP) is 3.43. The fraction of sp³-hybridized carbons (Fsp3) is 0.682. The molecule has 0 unspecified atom stereocenters. The lowest BCUT2D eigenvalue weighted by Crippen LogP contribution is -2.48. The van der Waals surface area contributed by atoms with E-state index in [-0.39, 0.29) is 22.8 Å². The van der Waals surface area contributed by atoms with Crippen LogP contribution in [0.2, 0.25) is 0 Å². The maximum absolute atomic E-state index is 12.9. The van der Waals surface area contributed by atoms with Crippen LogP contribution in [0.25, 0.3) is 0 Å². The number of hydrogen-bond acceptors (Lipinski definition) is 4. The number of carbonyl (C=O) groups is 1. The summed E-state index contributed by atoms with van der Waals surface area (Å²) in [5, 5.41) is 3.25. The third kappa shape index (κ3) is 5.12. The number of amides is 1. The number of hydrogen-bond donors (Lipinski definition) is 1. The van der Waals surface area contributed by atoms with Crippen molar-refractivity contribution >= 4 is 15.9 Å². The van der Waals surface area contributed by atoms with Gasteiger partial charge in [0.05, 0.1) is 11.5 Å². The average molecular weight is 423 g/mol. The number of ether oxygens (including phenoxy) is 1. The van der Waals surface area contributed by atoms with Gasteiger partial charge in [0.1, 0.15) is 5.75 Å². The van der Waals surface area contributed by atoms with Gasteiger partial charge in [0.15, 0.2) is 0 Å². The highest BCUT2D eigenvalue weighted by atomic mass is 32.2. The Bertz CT molecular complexity index is 786. The number of nitrogens with zero attached hydrogens (tertiary/aromatic N) is 1. The largest absolute Gasteiger partial charge is 0.494 e. The van der Waals surface area contributed by atoms with Crippen LogP contribution >= 0.6 is 0 Å². The van der Waals surface area contributed by atoms with Crippen LogP contribution in [0.3, 0.4) is 0 Å². The second-order valence-corrected chi connectivity index (χ2v) is 10.4. The zero-order valence-corrected chi connectivity index (χ0v) is 18.6. The molecule has 2 aliphatic rings. The standard InChI is InChI=1S/C22H34N2O4S/c1-4-28-19-8-10-20(11-9-19)29(26,27)24-14-12-18(13-15-24)22(25)23-21-7-5-6-16(2)17(21)3/h8-11,16-18,21H,4-7,12-15H2,1-3H3,(H,23,25)/t16-,17+,21-/m1/s1. The summed E-state index contributed by atoms with van der Waals surface area (Å²) in [4.78, 5) is 13.0. The van der Waals surface area contributed by atoms with Crippen LogP contribution in [0, 0.1) is 17.8 Å². The molecule has 0 radical (unpaired) electrons. The minimum atomic E-state index is -3.54. The fourth-order valence-corrected chi connectivity index (χ4v) is 5.94. The summed E-state index contributed by atoms with van der Waals surface area (Å²) in [6.07, 6.45) is 4.57. The quantitative estimate of drug-likeness (QED) is 0.762. The number of nitrogens with one attached hydrogen (secondary N) is 1. The molecule has 1 saturated carbocycles. The van der Waals surface area contributed by atoms with E-state index in [0.29, 0.717) is 50.1 Å². The van der Waals surface area contributed by atoms with Crippen molar-refractivity contribution in [3.8, 4) is 5.75 Å². The van der Waals surface area contributed by atoms with Gasteiger partial charge in [-0.05, 0) is 62.3 Å². The molecule has 0 bridgehead atoms. The van der Waals surface area contributed by atoms with Gasteiger partial charge in [0.2, 0.25) is 15.9 Å². The number of sulfonamides is 1. The first kappa shape index (κ1) is 22.1. The van der Waals surface area contributed by atoms with Gasteiger partial charge in [0.25, 0.3) is 0 Å². The topological polar surface area (TPSA) is 75.7 Å². The molecule has 162 valence electrons. The van der Waals surface area contributed by atoms with Gasteiger partial charge in [0, 0.05) is 25.0 Å². The maximum atomic E-state index is 12.9. The SMILES string of the molecule is CCOc1ccc(S(=O)(=O)N2CCC(C(=O)N[C@@H]3CCC[C@@H](C)[C@@H]3C)CC2)cc1. The van der Waals surface area contributed by atoms with E-state index in [1.807, 2.05) is 6.92 Å². The van der Waals surface area contributed by atoms with Crippen molar-refractivity contribution in [1.29, 1.82) is 0 Å². The lowest BCUT2D eigenvalue weighted by atomic mass is 9.78. The van der Waals surface area contributed by atoms with Crippen LogP contribution in [-0.2, 0) is 14.8 Å². The van der Waals surface area contributed by atoms with Crippen LogP contribution in [0.4, 0.5) is 0 Å². The van der Waals surface area contributed by atoms with Crippen LogP contribution in [0.5, 0.6) is 5.75 Å². The van der Waals surface area contributed by atoms with Gasteiger partial charge < -0.3 is 10.1 Å². The van der Waals surface area contributed by atoms with Crippen molar-refractivity contribution in [2.45, 2.75) is 63.8 Å². The van der Waals surface area contributed by atoms with Gasteiger partial charge in [-0.15, -0.1) is 0 Å². The lowest BCUT2D eigenvalue weighted by molar-refractivity contribution is -0.127. The minimum absolute atomic E-state index is 0.0917. The van der Waals surface area contributed by atoms with E-state index in [4.69, 9.17) is 4.74 Å². The lowest BCUT2D eigenvalue weighted by Gasteiger charge is -2.36. The van der Waals surface area contributed by atoms with Crippen molar-refractivity contribution in [2.75, 3.05) is 19.7 Å². The molecule has 0 spiro atoms. The summed E-state index contributed by atoms with van der Waals surface area (Å²) in [5.74, 6) is 1.77. The van der Waals surface area contributed by atoms with E-state index in [0.717, 1.165) is 12.8 Å². The van der Waals surface area contributed by atoms with E-state index >= 15 is 0 Å². The van der Waals surface area contributed by atoms with Gasteiger partial charge >= 0.3 is 0 Å². The Morgan fingerprint density at radius 2 is 1.76 bits per heavy atom. The molecule has 0 aromatic heterocycles. The molecule has 1 aromatic rings. The van der Waals surface area contributed by atoms with Crippen molar-refractivity contribution in [1.82, 2.24) is 9.62 Å². The predicted molar refractivity (Wildman–Crippen MR) is 113 cm³/mol. The van der Waals surface area contributed by atoms with E-state index in [1.165, 1.54) is 10.7 Å². The molecule has 6 nitrogen and oxygen atoms in total. The highest BCUT2D eigenvalue weighted by Crippen LogP contribution is 2.30. The molecule has 3 rings (SSSR count). The molecule has 1 heterocycles. The Balaban J connectivity index is 1.55. The molecule has 7 heteroatoms. The van der Waals surface area contributed by atoms with Crippen molar-refractivity contribution in [2.24, 2.45) is 17.8 Å². The summed E-state index contributed by atoms with van der Waals surface area (Å²) in [6, 6.07) is 6.79. The molecule has 29 heavy (non-hydrogen) atoms. The van der Waals surface area contributed by atoms with Gasteiger partial charge in [-0.3, -0.25) is 4.79 Å². The zero-order valence-electron chi connectivity index (χ0n) is 17.8.